The maximum atomic E-state index is 11.5. The number of nitrogens with one attached hydrogen (secondary N) is 2. The first-order valence-corrected chi connectivity index (χ1v) is 7.55. The summed E-state index contributed by atoms with van der Waals surface area (Å²) in [5.41, 5.74) is 0. The van der Waals surface area contributed by atoms with Crippen molar-refractivity contribution in [1.29, 1.82) is 0 Å². The molecule has 0 aliphatic heterocycles. The van der Waals surface area contributed by atoms with Gasteiger partial charge in [0.2, 0.25) is 0 Å². The Kier molecular flexibility index (Phi) is 6.51. The van der Waals surface area contributed by atoms with Gasteiger partial charge in [-0.15, -0.1) is 11.3 Å². The first-order chi connectivity index (χ1) is 8.63. The van der Waals surface area contributed by atoms with Crippen LogP contribution in [0.5, 0.6) is 0 Å². The Bertz CT molecular complexity index is 384. The molecule has 1 heterocycles. The lowest BCUT2D eigenvalue weighted by Crippen LogP contribution is -2.46. The molecule has 0 aliphatic carbocycles. The van der Waals surface area contributed by atoms with E-state index in [1.54, 1.807) is 18.0 Å². The highest BCUT2D eigenvalue weighted by atomic mass is 32.2. The van der Waals surface area contributed by atoms with Crippen LogP contribution in [0.25, 0.3) is 0 Å². The van der Waals surface area contributed by atoms with Crippen LogP contribution in [0.4, 0.5) is 4.79 Å². The van der Waals surface area contributed by atoms with Gasteiger partial charge in [-0.2, -0.15) is 11.8 Å². The number of carbonyl (C=O) groups excluding carboxylic acids is 1. The number of thiazole rings is 1. The highest BCUT2D eigenvalue weighted by Crippen LogP contribution is 2.03. The van der Waals surface area contributed by atoms with E-state index in [1.165, 1.54) is 11.3 Å². The molecule has 1 rings (SSSR count). The summed E-state index contributed by atoms with van der Waals surface area (Å²) in [6, 6.07) is -1.34. The van der Waals surface area contributed by atoms with Crippen LogP contribution in [0.3, 0.4) is 0 Å². The summed E-state index contributed by atoms with van der Waals surface area (Å²) in [5.74, 6) is -0.336. The Labute approximate surface area is 113 Å². The number of rotatable bonds is 7. The summed E-state index contributed by atoms with van der Waals surface area (Å²) in [5, 5.41) is 16.5. The van der Waals surface area contributed by atoms with E-state index in [0.717, 1.165) is 5.01 Å². The van der Waals surface area contributed by atoms with Crippen LogP contribution >= 0.6 is 23.1 Å². The molecule has 0 bridgehead atoms. The fourth-order valence-electron chi connectivity index (χ4n) is 1.20. The Morgan fingerprint density at radius 1 is 1.61 bits per heavy atom. The van der Waals surface area contributed by atoms with Crippen molar-refractivity contribution >= 4 is 35.1 Å². The quantitative estimate of drug-likeness (QED) is 0.700. The predicted molar refractivity (Wildman–Crippen MR) is 71.9 cm³/mol. The number of hydrogen-bond acceptors (Lipinski definition) is 5. The molecular weight excluding hydrogens is 274 g/mol. The Hall–Kier alpha value is -1.28. The van der Waals surface area contributed by atoms with Crippen molar-refractivity contribution in [3.05, 3.63) is 16.6 Å². The van der Waals surface area contributed by atoms with Crippen molar-refractivity contribution in [3.8, 4) is 0 Å². The largest absolute Gasteiger partial charge is 0.480 e. The summed E-state index contributed by atoms with van der Waals surface area (Å²) >= 11 is 2.97. The maximum Gasteiger partial charge on any atom is 0.326 e. The fourth-order valence-corrected chi connectivity index (χ4v) is 2.23. The molecule has 0 saturated carbocycles. The van der Waals surface area contributed by atoms with Crippen molar-refractivity contribution in [2.24, 2.45) is 0 Å². The zero-order chi connectivity index (χ0) is 13.4. The van der Waals surface area contributed by atoms with Crippen LogP contribution in [0, 0.1) is 0 Å². The number of carboxylic acid groups (broad SMARTS) is 1. The van der Waals surface area contributed by atoms with Crippen LogP contribution in [0.15, 0.2) is 11.6 Å². The SMILES string of the molecule is CSCCC(NC(=O)NCc1nccs1)C(=O)O. The first kappa shape index (κ1) is 14.8. The van der Waals surface area contributed by atoms with E-state index >= 15 is 0 Å². The number of amides is 2. The average Bonchev–Trinajstić information content (AvgIpc) is 2.84. The molecule has 100 valence electrons. The number of aromatic nitrogens is 1. The molecule has 0 aromatic carbocycles. The normalized spacial score (nSPS) is 11.8. The van der Waals surface area contributed by atoms with Crippen LogP contribution < -0.4 is 10.6 Å². The standard InChI is InChI=1S/C10H15N3O3S2/c1-17-4-2-7(9(14)15)13-10(16)12-6-8-11-3-5-18-8/h3,5,7H,2,4,6H2,1H3,(H,14,15)(H2,12,13,16). The average molecular weight is 289 g/mol. The molecule has 0 radical (unpaired) electrons. The monoisotopic (exact) mass is 289 g/mol. The van der Waals surface area contributed by atoms with Gasteiger partial charge in [-0.25, -0.2) is 14.6 Å². The molecule has 1 unspecified atom stereocenters. The van der Waals surface area contributed by atoms with E-state index in [9.17, 15) is 9.59 Å². The second kappa shape index (κ2) is 7.93. The molecule has 0 fully saturated rings. The molecule has 0 spiro atoms. The number of carboxylic acids is 1. The van der Waals surface area contributed by atoms with Crippen molar-refractivity contribution in [3.63, 3.8) is 0 Å². The lowest BCUT2D eigenvalue weighted by Gasteiger charge is -2.14. The van der Waals surface area contributed by atoms with Crippen LogP contribution in [0.1, 0.15) is 11.4 Å². The van der Waals surface area contributed by atoms with Crippen molar-refractivity contribution in [2.75, 3.05) is 12.0 Å². The van der Waals surface area contributed by atoms with E-state index in [0.29, 0.717) is 18.7 Å². The van der Waals surface area contributed by atoms with E-state index in [1.807, 2.05) is 11.6 Å². The molecule has 18 heavy (non-hydrogen) atoms. The maximum absolute atomic E-state index is 11.5. The lowest BCUT2D eigenvalue weighted by atomic mass is 10.2. The summed E-state index contributed by atoms with van der Waals surface area (Å²) in [6.07, 6.45) is 3.95. The Morgan fingerprint density at radius 3 is 2.94 bits per heavy atom. The lowest BCUT2D eigenvalue weighted by molar-refractivity contribution is -0.139. The van der Waals surface area contributed by atoms with E-state index in [2.05, 4.69) is 15.6 Å². The van der Waals surface area contributed by atoms with E-state index in [-0.39, 0.29) is 0 Å². The third-order valence-corrected chi connectivity index (χ3v) is 3.52. The topological polar surface area (TPSA) is 91.3 Å². The minimum absolute atomic E-state index is 0.304. The van der Waals surface area contributed by atoms with Gasteiger partial charge in [0.25, 0.3) is 0 Å². The molecule has 2 amide bonds. The second-order valence-electron chi connectivity index (χ2n) is 3.43. The van der Waals surface area contributed by atoms with Crippen LogP contribution in [-0.2, 0) is 11.3 Å². The zero-order valence-electron chi connectivity index (χ0n) is 9.88. The number of aliphatic carboxylic acids is 1. The number of hydrogen-bond donors (Lipinski definition) is 3. The number of carbonyl (C=O) groups is 2. The number of nitrogens with zero attached hydrogens (tertiary/aromatic N) is 1. The Morgan fingerprint density at radius 2 is 2.39 bits per heavy atom. The summed E-state index contributed by atoms with van der Waals surface area (Å²) in [6.45, 7) is 0.304. The summed E-state index contributed by atoms with van der Waals surface area (Å²) < 4.78 is 0. The fraction of sp³-hybridized carbons (Fsp3) is 0.500. The highest BCUT2D eigenvalue weighted by Gasteiger charge is 2.19. The predicted octanol–water partition coefficient (Wildman–Crippen LogP) is 1.15. The summed E-state index contributed by atoms with van der Waals surface area (Å²) in [4.78, 5) is 26.4. The van der Waals surface area contributed by atoms with Gasteiger partial charge in [0.15, 0.2) is 0 Å². The van der Waals surface area contributed by atoms with Gasteiger partial charge in [-0.3, -0.25) is 0 Å². The molecule has 1 aromatic heterocycles. The van der Waals surface area contributed by atoms with Gasteiger partial charge in [-0.1, -0.05) is 0 Å². The number of thioether (sulfide) groups is 1. The molecule has 6 nitrogen and oxygen atoms in total. The summed E-state index contributed by atoms with van der Waals surface area (Å²) in [7, 11) is 0. The molecule has 3 N–H and O–H groups in total. The van der Waals surface area contributed by atoms with Gasteiger partial charge in [0, 0.05) is 11.6 Å². The van der Waals surface area contributed by atoms with Crippen molar-refractivity contribution < 1.29 is 14.7 Å². The third-order valence-electron chi connectivity index (χ3n) is 2.10. The van der Waals surface area contributed by atoms with Gasteiger partial charge in [-0.05, 0) is 18.4 Å². The van der Waals surface area contributed by atoms with Crippen molar-refractivity contribution in [2.45, 2.75) is 19.0 Å². The van der Waals surface area contributed by atoms with Crippen molar-refractivity contribution in [1.82, 2.24) is 15.6 Å². The Balaban J connectivity index is 2.34. The molecule has 1 atom stereocenters. The van der Waals surface area contributed by atoms with E-state index in [4.69, 9.17) is 5.11 Å². The third kappa shape index (κ3) is 5.37. The van der Waals surface area contributed by atoms with Gasteiger partial charge in [0.05, 0.1) is 6.54 Å². The van der Waals surface area contributed by atoms with Crippen LogP contribution in [0.2, 0.25) is 0 Å². The van der Waals surface area contributed by atoms with Gasteiger partial charge < -0.3 is 15.7 Å². The molecule has 0 aliphatic rings. The molecule has 8 heteroatoms. The van der Waals surface area contributed by atoms with Crippen LogP contribution in [-0.4, -0.2) is 40.1 Å². The minimum Gasteiger partial charge on any atom is -0.480 e. The van der Waals surface area contributed by atoms with Gasteiger partial charge >= 0.3 is 12.0 Å². The smallest absolute Gasteiger partial charge is 0.326 e. The minimum atomic E-state index is -1.02. The van der Waals surface area contributed by atoms with E-state index < -0.39 is 18.0 Å². The number of urea groups is 1. The molecular formula is C10H15N3O3S2. The molecule has 0 saturated heterocycles. The second-order valence-corrected chi connectivity index (χ2v) is 5.39. The van der Waals surface area contributed by atoms with Gasteiger partial charge in [0.1, 0.15) is 11.0 Å². The zero-order valence-corrected chi connectivity index (χ0v) is 11.5. The molecule has 1 aromatic rings. The first-order valence-electron chi connectivity index (χ1n) is 5.28. The highest BCUT2D eigenvalue weighted by molar-refractivity contribution is 7.98.